The third-order valence-corrected chi connectivity index (χ3v) is 4.86. The predicted molar refractivity (Wildman–Crippen MR) is 90.2 cm³/mol. The molecule has 1 atom stereocenters. The SMILES string of the molecule is CN1CC(=O)N2CCN(Cc3ccc4ccccc4n3)CC2C1=O. The largest absolute Gasteiger partial charge is 0.335 e. The highest BCUT2D eigenvalue weighted by Crippen LogP contribution is 2.19. The highest BCUT2D eigenvalue weighted by atomic mass is 16.2. The minimum atomic E-state index is -0.356. The van der Waals surface area contributed by atoms with Crippen molar-refractivity contribution in [3.63, 3.8) is 0 Å². The number of nitrogens with zero attached hydrogens (tertiary/aromatic N) is 4. The van der Waals surface area contributed by atoms with Crippen LogP contribution in [-0.2, 0) is 16.1 Å². The average molecular weight is 324 g/mol. The van der Waals surface area contributed by atoms with Gasteiger partial charge in [0.1, 0.15) is 6.04 Å². The monoisotopic (exact) mass is 324 g/mol. The molecule has 6 heteroatoms. The summed E-state index contributed by atoms with van der Waals surface area (Å²) in [4.78, 5) is 34.6. The third kappa shape index (κ3) is 2.63. The van der Waals surface area contributed by atoms with E-state index in [1.807, 2.05) is 30.3 Å². The van der Waals surface area contributed by atoms with Gasteiger partial charge in [-0.05, 0) is 12.1 Å². The van der Waals surface area contributed by atoms with Gasteiger partial charge in [0.15, 0.2) is 0 Å². The number of likely N-dealkylation sites (N-methyl/N-ethyl adjacent to an activating group) is 1. The van der Waals surface area contributed by atoms with Crippen molar-refractivity contribution < 1.29 is 9.59 Å². The summed E-state index contributed by atoms with van der Waals surface area (Å²) in [6, 6.07) is 11.8. The van der Waals surface area contributed by atoms with Crippen molar-refractivity contribution in [3.05, 3.63) is 42.1 Å². The first-order valence-corrected chi connectivity index (χ1v) is 8.23. The van der Waals surface area contributed by atoms with Crippen LogP contribution < -0.4 is 0 Å². The van der Waals surface area contributed by atoms with Crippen LogP contribution in [0.1, 0.15) is 5.69 Å². The second-order valence-electron chi connectivity index (χ2n) is 6.53. The fourth-order valence-electron chi connectivity index (χ4n) is 3.54. The molecule has 124 valence electrons. The molecule has 24 heavy (non-hydrogen) atoms. The van der Waals surface area contributed by atoms with Crippen molar-refractivity contribution >= 4 is 22.7 Å². The molecule has 0 bridgehead atoms. The summed E-state index contributed by atoms with van der Waals surface area (Å²) >= 11 is 0. The van der Waals surface area contributed by atoms with Gasteiger partial charge < -0.3 is 9.80 Å². The average Bonchev–Trinajstić information content (AvgIpc) is 2.59. The summed E-state index contributed by atoms with van der Waals surface area (Å²) in [5, 5.41) is 1.13. The molecule has 1 aromatic heterocycles. The second kappa shape index (κ2) is 5.87. The Morgan fingerprint density at radius 1 is 1.12 bits per heavy atom. The van der Waals surface area contributed by atoms with Gasteiger partial charge in [0.25, 0.3) is 0 Å². The van der Waals surface area contributed by atoms with Crippen LogP contribution in [0, 0.1) is 0 Å². The van der Waals surface area contributed by atoms with E-state index < -0.39 is 0 Å². The van der Waals surface area contributed by atoms with Crippen LogP contribution in [0.3, 0.4) is 0 Å². The lowest BCUT2D eigenvalue weighted by Crippen LogP contribution is -2.65. The number of para-hydroxylation sites is 1. The molecule has 2 aliphatic rings. The Hall–Kier alpha value is -2.47. The van der Waals surface area contributed by atoms with Crippen molar-refractivity contribution in [1.82, 2.24) is 19.7 Å². The number of hydrogen-bond acceptors (Lipinski definition) is 4. The standard InChI is InChI=1S/C18H20N4O2/c1-20-12-17(23)22-9-8-21(11-16(22)18(20)24)10-14-7-6-13-4-2-3-5-15(13)19-14/h2-7,16H,8-12H2,1H3. The fourth-order valence-corrected chi connectivity index (χ4v) is 3.54. The minimum Gasteiger partial charge on any atom is -0.335 e. The molecule has 4 rings (SSSR count). The van der Waals surface area contributed by atoms with Gasteiger partial charge in [-0.25, -0.2) is 0 Å². The zero-order valence-corrected chi connectivity index (χ0v) is 13.7. The van der Waals surface area contributed by atoms with Crippen LogP contribution in [0.4, 0.5) is 0 Å². The van der Waals surface area contributed by atoms with E-state index in [2.05, 4.69) is 11.0 Å². The van der Waals surface area contributed by atoms with Crippen molar-refractivity contribution in [2.24, 2.45) is 0 Å². The smallest absolute Gasteiger partial charge is 0.246 e. The van der Waals surface area contributed by atoms with Crippen molar-refractivity contribution in [1.29, 1.82) is 0 Å². The summed E-state index contributed by atoms with van der Waals surface area (Å²) < 4.78 is 0. The second-order valence-corrected chi connectivity index (χ2v) is 6.53. The first-order chi connectivity index (χ1) is 11.6. The van der Waals surface area contributed by atoms with E-state index in [9.17, 15) is 9.59 Å². The molecule has 2 aliphatic heterocycles. The Morgan fingerprint density at radius 3 is 2.83 bits per heavy atom. The minimum absolute atomic E-state index is 0.0331. The Labute approximate surface area is 140 Å². The molecule has 0 spiro atoms. The van der Waals surface area contributed by atoms with Crippen LogP contribution >= 0.6 is 0 Å². The normalized spacial score (nSPS) is 22.1. The number of pyridine rings is 1. The van der Waals surface area contributed by atoms with Crippen LogP contribution in [0.5, 0.6) is 0 Å². The highest BCUT2D eigenvalue weighted by molar-refractivity contribution is 5.95. The number of aromatic nitrogens is 1. The summed E-state index contributed by atoms with van der Waals surface area (Å²) in [7, 11) is 1.70. The Balaban J connectivity index is 1.51. The first kappa shape index (κ1) is 15.1. The van der Waals surface area contributed by atoms with E-state index in [0.29, 0.717) is 19.6 Å². The van der Waals surface area contributed by atoms with E-state index in [0.717, 1.165) is 23.1 Å². The zero-order valence-electron chi connectivity index (χ0n) is 13.7. The van der Waals surface area contributed by atoms with Crippen molar-refractivity contribution in [3.8, 4) is 0 Å². The van der Waals surface area contributed by atoms with Crippen LogP contribution in [0.25, 0.3) is 10.9 Å². The Morgan fingerprint density at radius 2 is 1.96 bits per heavy atom. The first-order valence-electron chi connectivity index (χ1n) is 8.23. The molecule has 2 aromatic rings. The maximum absolute atomic E-state index is 12.4. The van der Waals surface area contributed by atoms with Crippen LogP contribution in [0.15, 0.2) is 36.4 Å². The van der Waals surface area contributed by atoms with Crippen molar-refractivity contribution in [2.45, 2.75) is 12.6 Å². The predicted octanol–water partition coefficient (Wildman–Crippen LogP) is 0.720. The molecule has 2 amide bonds. The molecule has 0 radical (unpaired) electrons. The highest BCUT2D eigenvalue weighted by Gasteiger charge is 2.41. The fraction of sp³-hybridized carbons (Fsp3) is 0.389. The van der Waals surface area contributed by atoms with Gasteiger partial charge in [-0.15, -0.1) is 0 Å². The maximum Gasteiger partial charge on any atom is 0.246 e. The number of rotatable bonds is 2. The summed E-state index contributed by atoms with van der Waals surface area (Å²) in [5.74, 6) is 0.0800. The number of carbonyl (C=O) groups excluding carboxylic acids is 2. The molecular weight excluding hydrogens is 304 g/mol. The van der Waals surface area contributed by atoms with E-state index in [4.69, 9.17) is 4.98 Å². The van der Waals surface area contributed by atoms with Gasteiger partial charge in [-0.1, -0.05) is 24.3 Å². The molecule has 2 fully saturated rings. The lowest BCUT2D eigenvalue weighted by Gasteiger charge is -2.45. The molecular formula is C18H20N4O2. The van der Waals surface area contributed by atoms with Crippen LogP contribution in [-0.4, -0.2) is 70.8 Å². The number of hydrogen-bond donors (Lipinski definition) is 0. The van der Waals surface area contributed by atoms with Gasteiger partial charge in [-0.3, -0.25) is 19.5 Å². The van der Waals surface area contributed by atoms with Crippen molar-refractivity contribution in [2.75, 3.05) is 33.2 Å². The molecule has 0 saturated carbocycles. The lowest BCUT2D eigenvalue weighted by molar-refractivity contribution is -0.158. The third-order valence-electron chi connectivity index (χ3n) is 4.86. The number of carbonyl (C=O) groups is 2. The molecule has 2 saturated heterocycles. The maximum atomic E-state index is 12.4. The van der Waals surface area contributed by atoms with E-state index >= 15 is 0 Å². The molecule has 1 aromatic carbocycles. The zero-order chi connectivity index (χ0) is 16.7. The molecule has 0 aliphatic carbocycles. The molecule has 6 nitrogen and oxygen atoms in total. The number of amides is 2. The van der Waals surface area contributed by atoms with Gasteiger partial charge in [-0.2, -0.15) is 0 Å². The molecule has 0 N–H and O–H groups in total. The Bertz CT molecular complexity index is 806. The summed E-state index contributed by atoms with van der Waals surface area (Å²) in [6.07, 6.45) is 0. The molecule has 1 unspecified atom stereocenters. The summed E-state index contributed by atoms with van der Waals surface area (Å²) in [6.45, 7) is 2.84. The van der Waals surface area contributed by atoms with Gasteiger partial charge in [0.05, 0.1) is 17.8 Å². The summed E-state index contributed by atoms with van der Waals surface area (Å²) in [5.41, 5.74) is 1.97. The topological polar surface area (TPSA) is 56.8 Å². The van der Waals surface area contributed by atoms with E-state index in [-0.39, 0.29) is 24.4 Å². The molecule has 3 heterocycles. The van der Waals surface area contributed by atoms with Gasteiger partial charge >= 0.3 is 0 Å². The quantitative estimate of drug-likeness (QED) is 0.817. The van der Waals surface area contributed by atoms with Gasteiger partial charge in [0.2, 0.25) is 11.8 Å². The lowest BCUT2D eigenvalue weighted by atomic mass is 10.1. The van der Waals surface area contributed by atoms with E-state index in [1.54, 1.807) is 11.9 Å². The van der Waals surface area contributed by atoms with E-state index in [1.165, 1.54) is 4.90 Å². The Kier molecular flexibility index (Phi) is 3.69. The number of piperazine rings is 2. The number of fused-ring (bicyclic) bond motifs is 2. The van der Waals surface area contributed by atoms with Gasteiger partial charge in [0, 0.05) is 38.6 Å². The number of benzene rings is 1. The van der Waals surface area contributed by atoms with Crippen LogP contribution in [0.2, 0.25) is 0 Å².